The summed E-state index contributed by atoms with van der Waals surface area (Å²) in [6.07, 6.45) is 1.51. The molecule has 1 unspecified atom stereocenters. The zero-order valence-electron chi connectivity index (χ0n) is 12.4. The van der Waals surface area contributed by atoms with Crippen LogP contribution in [-0.2, 0) is 12.8 Å². The molecule has 0 bridgehead atoms. The second kappa shape index (κ2) is 7.04. The van der Waals surface area contributed by atoms with Crippen molar-refractivity contribution in [2.24, 2.45) is 5.73 Å². The Morgan fingerprint density at radius 1 is 1.38 bits per heavy atom. The maximum atomic E-state index is 11.5. The van der Waals surface area contributed by atoms with Gasteiger partial charge in [0.05, 0.1) is 12.3 Å². The number of aromatic amines is 1. The molecule has 21 heavy (non-hydrogen) atoms. The molecule has 0 aliphatic carbocycles. The van der Waals surface area contributed by atoms with Crippen molar-refractivity contribution in [2.75, 3.05) is 6.61 Å². The number of benzene rings is 1. The molecule has 0 aliphatic rings. The number of nitrogens with zero attached hydrogens (tertiary/aromatic N) is 1. The minimum atomic E-state index is -0.256. The van der Waals surface area contributed by atoms with Crippen LogP contribution in [0.1, 0.15) is 37.0 Å². The van der Waals surface area contributed by atoms with Crippen LogP contribution in [0.3, 0.4) is 0 Å². The van der Waals surface area contributed by atoms with Crippen molar-refractivity contribution in [2.45, 2.75) is 32.7 Å². The van der Waals surface area contributed by atoms with Crippen molar-refractivity contribution in [1.82, 2.24) is 9.97 Å². The number of aryl methyl sites for hydroxylation is 1. The van der Waals surface area contributed by atoms with Crippen molar-refractivity contribution in [1.29, 1.82) is 0 Å². The molecule has 1 heterocycles. The molecule has 0 saturated carbocycles. The van der Waals surface area contributed by atoms with E-state index in [1.54, 1.807) is 6.92 Å². The molecule has 2 rings (SSSR count). The van der Waals surface area contributed by atoms with E-state index in [2.05, 4.69) is 23.0 Å². The molecule has 0 saturated heterocycles. The molecule has 112 valence electrons. The Hall–Kier alpha value is -2.14. The standard InChI is InChI=1S/C16H21N3O2/c1-3-12-5-4-6-13(9-12)21-8-7-15-18-14(11(2)17)10-16(20)19-15/h4-6,9-11H,3,7-8,17H2,1-2H3,(H,18,19,20). The molecule has 0 radical (unpaired) electrons. The van der Waals surface area contributed by atoms with Gasteiger partial charge in [-0.1, -0.05) is 19.1 Å². The fourth-order valence-corrected chi connectivity index (χ4v) is 2.00. The largest absolute Gasteiger partial charge is 0.493 e. The Morgan fingerprint density at radius 3 is 2.90 bits per heavy atom. The van der Waals surface area contributed by atoms with E-state index in [-0.39, 0.29) is 11.6 Å². The van der Waals surface area contributed by atoms with Crippen LogP contribution in [0.25, 0.3) is 0 Å². The van der Waals surface area contributed by atoms with Gasteiger partial charge in [0.15, 0.2) is 0 Å². The monoisotopic (exact) mass is 287 g/mol. The van der Waals surface area contributed by atoms with Crippen LogP contribution in [0.2, 0.25) is 0 Å². The maximum Gasteiger partial charge on any atom is 0.251 e. The minimum Gasteiger partial charge on any atom is -0.493 e. The molecule has 1 atom stereocenters. The number of aromatic nitrogens is 2. The highest BCUT2D eigenvalue weighted by molar-refractivity contribution is 5.28. The summed E-state index contributed by atoms with van der Waals surface area (Å²) in [6.45, 7) is 4.37. The van der Waals surface area contributed by atoms with E-state index in [0.29, 0.717) is 24.5 Å². The van der Waals surface area contributed by atoms with Gasteiger partial charge in [-0.15, -0.1) is 0 Å². The van der Waals surface area contributed by atoms with Gasteiger partial charge in [-0.2, -0.15) is 0 Å². The van der Waals surface area contributed by atoms with E-state index in [4.69, 9.17) is 10.5 Å². The van der Waals surface area contributed by atoms with Crippen molar-refractivity contribution in [3.63, 3.8) is 0 Å². The minimum absolute atomic E-state index is 0.180. The normalized spacial score (nSPS) is 12.1. The first-order valence-corrected chi connectivity index (χ1v) is 7.16. The highest BCUT2D eigenvalue weighted by atomic mass is 16.5. The molecule has 1 aromatic carbocycles. The van der Waals surface area contributed by atoms with Gasteiger partial charge in [0.25, 0.3) is 5.56 Å². The quantitative estimate of drug-likeness (QED) is 0.851. The topological polar surface area (TPSA) is 81.0 Å². The Morgan fingerprint density at radius 2 is 2.19 bits per heavy atom. The Balaban J connectivity index is 1.98. The summed E-state index contributed by atoms with van der Waals surface area (Å²) in [6, 6.07) is 9.17. The van der Waals surface area contributed by atoms with Gasteiger partial charge in [-0.05, 0) is 31.0 Å². The average Bonchev–Trinajstić information content (AvgIpc) is 2.47. The third-order valence-electron chi connectivity index (χ3n) is 3.19. The van der Waals surface area contributed by atoms with E-state index in [0.717, 1.165) is 12.2 Å². The molecular formula is C16H21N3O2. The molecule has 2 aromatic rings. The number of hydrogen-bond donors (Lipinski definition) is 2. The lowest BCUT2D eigenvalue weighted by Gasteiger charge is -2.09. The van der Waals surface area contributed by atoms with Crippen LogP contribution in [0.5, 0.6) is 5.75 Å². The van der Waals surface area contributed by atoms with Crippen LogP contribution < -0.4 is 16.0 Å². The second-order valence-electron chi connectivity index (χ2n) is 5.01. The van der Waals surface area contributed by atoms with Gasteiger partial charge < -0.3 is 15.5 Å². The van der Waals surface area contributed by atoms with Crippen molar-refractivity contribution >= 4 is 0 Å². The summed E-state index contributed by atoms with van der Waals surface area (Å²) in [5.41, 5.74) is 7.41. The number of hydrogen-bond acceptors (Lipinski definition) is 4. The van der Waals surface area contributed by atoms with E-state index in [1.165, 1.54) is 11.6 Å². The van der Waals surface area contributed by atoms with Gasteiger partial charge in [-0.25, -0.2) is 4.98 Å². The molecule has 3 N–H and O–H groups in total. The number of nitrogens with two attached hydrogens (primary N) is 1. The van der Waals surface area contributed by atoms with Gasteiger partial charge >= 0.3 is 0 Å². The van der Waals surface area contributed by atoms with Crippen molar-refractivity contribution < 1.29 is 4.74 Å². The lowest BCUT2D eigenvalue weighted by Crippen LogP contribution is -2.18. The molecular weight excluding hydrogens is 266 g/mol. The van der Waals surface area contributed by atoms with Crippen LogP contribution in [0.15, 0.2) is 35.1 Å². The van der Waals surface area contributed by atoms with Crippen LogP contribution >= 0.6 is 0 Å². The van der Waals surface area contributed by atoms with Gasteiger partial charge in [0, 0.05) is 18.5 Å². The smallest absolute Gasteiger partial charge is 0.251 e. The van der Waals surface area contributed by atoms with Gasteiger partial charge in [-0.3, -0.25) is 4.79 Å². The van der Waals surface area contributed by atoms with E-state index >= 15 is 0 Å². The summed E-state index contributed by atoms with van der Waals surface area (Å²) in [5, 5.41) is 0. The first-order valence-electron chi connectivity index (χ1n) is 7.16. The number of rotatable bonds is 6. The van der Waals surface area contributed by atoms with Crippen LogP contribution in [-0.4, -0.2) is 16.6 Å². The van der Waals surface area contributed by atoms with Gasteiger partial charge in [0.1, 0.15) is 11.6 Å². The van der Waals surface area contributed by atoms with Crippen LogP contribution in [0, 0.1) is 0 Å². The Labute approximate surface area is 124 Å². The fourth-order valence-electron chi connectivity index (χ4n) is 2.00. The summed E-state index contributed by atoms with van der Waals surface area (Å²) in [5.74, 6) is 1.43. The third-order valence-corrected chi connectivity index (χ3v) is 3.19. The van der Waals surface area contributed by atoms with E-state index in [9.17, 15) is 4.79 Å². The molecule has 0 spiro atoms. The van der Waals surface area contributed by atoms with Crippen molar-refractivity contribution in [3.8, 4) is 5.75 Å². The van der Waals surface area contributed by atoms with Crippen molar-refractivity contribution in [3.05, 3.63) is 57.8 Å². The molecule has 0 fully saturated rings. The zero-order valence-corrected chi connectivity index (χ0v) is 12.4. The Kier molecular flexibility index (Phi) is 5.11. The van der Waals surface area contributed by atoms with E-state index in [1.807, 2.05) is 18.2 Å². The highest BCUT2D eigenvalue weighted by Gasteiger charge is 2.05. The first kappa shape index (κ1) is 15.3. The number of ether oxygens (including phenoxy) is 1. The maximum absolute atomic E-state index is 11.5. The zero-order chi connectivity index (χ0) is 15.2. The number of H-pyrrole nitrogens is 1. The molecule has 5 nitrogen and oxygen atoms in total. The molecule has 0 aliphatic heterocycles. The molecule has 0 amide bonds. The highest BCUT2D eigenvalue weighted by Crippen LogP contribution is 2.14. The third kappa shape index (κ3) is 4.43. The predicted octanol–water partition coefficient (Wildman–Crippen LogP) is 1.97. The lowest BCUT2D eigenvalue weighted by molar-refractivity contribution is 0.318. The van der Waals surface area contributed by atoms with Crippen LogP contribution in [0.4, 0.5) is 0 Å². The Bertz CT molecular complexity index is 650. The summed E-state index contributed by atoms with van der Waals surface area (Å²) >= 11 is 0. The lowest BCUT2D eigenvalue weighted by atomic mass is 10.2. The average molecular weight is 287 g/mol. The molecule has 1 aromatic heterocycles. The SMILES string of the molecule is CCc1cccc(OCCc2nc(C(C)N)cc(=O)[nH]2)c1. The first-order chi connectivity index (χ1) is 10.1. The van der Waals surface area contributed by atoms with Gasteiger partial charge in [0.2, 0.25) is 0 Å². The molecule has 5 heteroatoms. The number of nitrogens with one attached hydrogen (secondary N) is 1. The summed E-state index contributed by atoms with van der Waals surface area (Å²) in [4.78, 5) is 18.6. The summed E-state index contributed by atoms with van der Waals surface area (Å²) < 4.78 is 5.70. The predicted molar refractivity (Wildman–Crippen MR) is 82.5 cm³/mol. The second-order valence-corrected chi connectivity index (χ2v) is 5.01. The fraction of sp³-hybridized carbons (Fsp3) is 0.375. The summed E-state index contributed by atoms with van der Waals surface area (Å²) in [7, 11) is 0. The van der Waals surface area contributed by atoms with E-state index < -0.39 is 0 Å².